The first-order valence-corrected chi connectivity index (χ1v) is 9.81. The topological polar surface area (TPSA) is 81.2 Å². The Hall–Kier alpha value is -1.50. The standard InChI is InChI=1S/C17H24N2O4S/c1-2-23-14(20)10-24-13-9-8-12-15(13)18-17(22)19(16(12)21)11-6-4-3-5-7-11/h11,13H,2-10H2,1H3,(H,18,22)/t13-/m0/s1. The summed E-state index contributed by atoms with van der Waals surface area (Å²) in [4.78, 5) is 39.8. The van der Waals surface area contributed by atoms with Crippen LogP contribution in [0.2, 0.25) is 0 Å². The number of ether oxygens (including phenoxy) is 1. The zero-order valence-corrected chi connectivity index (χ0v) is 14.8. The summed E-state index contributed by atoms with van der Waals surface area (Å²) in [5, 5.41) is -0.00851. The van der Waals surface area contributed by atoms with Gasteiger partial charge in [0.05, 0.1) is 12.4 Å². The highest BCUT2D eigenvalue weighted by atomic mass is 32.2. The number of nitrogens with one attached hydrogen (secondary N) is 1. The van der Waals surface area contributed by atoms with E-state index in [4.69, 9.17) is 4.74 Å². The van der Waals surface area contributed by atoms with Gasteiger partial charge in [-0.1, -0.05) is 19.3 Å². The lowest BCUT2D eigenvalue weighted by atomic mass is 9.95. The first-order valence-electron chi connectivity index (χ1n) is 8.76. The molecule has 2 aliphatic carbocycles. The first kappa shape index (κ1) is 17.3. The number of aromatic nitrogens is 2. The lowest BCUT2D eigenvalue weighted by Gasteiger charge is -2.23. The molecular formula is C17H24N2O4S. The summed E-state index contributed by atoms with van der Waals surface area (Å²) in [6, 6.07) is 0.0338. The smallest absolute Gasteiger partial charge is 0.328 e. The molecule has 24 heavy (non-hydrogen) atoms. The maximum absolute atomic E-state index is 12.8. The molecular weight excluding hydrogens is 328 g/mol. The Kier molecular flexibility index (Phi) is 5.48. The largest absolute Gasteiger partial charge is 0.465 e. The van der Waals surface area contributed by atoms with Gasteiger partial charge in [-0.05, 0) is 32.6 Å². The molecule has 0 unspecified atom stereocenters. The summed E-state index contributed by atoms with van der Waals surface area (Å²) < 4.78 is 6.38. The second-order valence-electron chi connectivity index (χ2n) is 6.43. The van der Waals surface area contributed by atoms with Gasteiger partial charge in [0.2, 0.25) is 0 Å². The Labute approximate surface area is 145 Å². The van der Waals surface area contributed by atoms with E-state index in [1.165, 1.54) is 22.7 Å². The minimum Gasteiger partial charge on any atom is -0.465 e. The van der Waals surface area contributed by atoms with Gasteiger partial charge >= 0.3 is 11.7 Å². The van der Waals surface area contributed by atoms with Crippen LogP contribution in [-0.2, 0) is 16.0 Å². The molecule has 1 N–H and O–H groups in total. The van der Waals surface area contributed by atoms with Gasteiger partial charge in [-0.2, -0.15) is 0 Å². The molecule has 1 fully saturated rings. The second-order valence-corrected chi connectivity index (χ2v) is 7.62. The number of H-pyrrole nitrogens is 1. The fourth-order valence-corrected chi connectivity index (χ4v) is 4.82. The van der Waals surface area contributed by atoms with Gasteiger partial charge in [-0.3, -0.25) is 14.2 Å². The van der Waals surface area contributed by atoms with Crippen LogP contribution in [0, 0.1) is 0 Å². The van der Waals surface area contributed by atoms with Crippen LogP contribution in [-0.4, -0.2) is 27.9 Å². The van der Waals surface area contributed by atoms with Crippen molar-refractivity contribution in [2.75, 3.05) is 12.4 Å². The van der Waals surface area contributed by atoms with Crippen molar-refractivity contribution in [3.05, 3.63) is 32.1 Å². The minimum atomic E-state index is -0.297. The SMILES string of the molecule is CCOC(=O)CS[C@H]1CCc2c1[nH]c(=O)n(C1CCCCC1)c2=O. The predicted octanol–water partition coefficient (Wildman–Crippen LogP) is 2.33. The highest BCUT2D eigenvalue weighted by molar-refractivity contribution is 8.00. The molecule has 1 atom stereocenters. The van der Waals surface area contributed by atoms with Crippen LogP contribution in [0.1, 0.15) is 68.0 Å². The number of hydrogen-bond acceptors (Lipinski definition) is 5. The molecule has 0 bridgehead atoms. The van der Waals surface area contributed by atoms with Gasteiger partial charge < -0.3 is 9.72 Å². The third-order valence-corrected chi connectivity index (χ3v) is 6.16. The third-order valence-electron chi connectivity index (χ3n) is 4.89. The van der Waals surface area contributed by atoms with E-state index < -0.39 is 0 Å². The Balaban J connectivity index is 1.82. The minimum absolute atomic E-state index is 0.00851. The van der Waals surface area contributed by atoms with Crippen molar-refractivity contribution in [1.29, 1.82) is 0 Å². The average molecular weight is 352 g/mol. The third kappa shape index (κ3) is 3.45. The lowest BCUT2D eigenvalue weighted by molar-refractivity contribution is -0.139. The van der Waals surface area contributed by atoms with Crippen LogP contribution in [0.25, 0.3) is 0 Å². The molecule has 1 heterocycles. The lowest BCUT2D eigenvalue weighted by Crippen LogP contribution is -2.41. The summed E-state index contributed by atoms with van der Waals surface area (Å²) in [6.07, 6.45) is 6.58. The number of hydrogen-bond donors (Lipinski definition) is 1. The van der Waals surface area contributed by atoms with Crippen LogP contribution in [0.15, 0.2) is 9.59 Å². The number of nitrogens with zero attached hydrogens (tertiary/aromatic N) is 1. The fourth-order valence-electron chi connectivity index (χ4n) is 3.75. The molecule has 3 rings (SSSR count). The molecule has 0 spiro atoms. The average Bonchev–Trinajstić information content (AvgIpc) is 2.97. The number of rotatable bonds is 5. The summed E-state index contributed by atoms with van der Waals surface area (Å²) >= 11 is 1.44. The summed E-state index contributed by atoms with van der Waals surface area (Å²) in [5.74, 6) is -0.0139. The van der Waals surface area contributed by atoms with Crippen LogP contribution in [0.3, 0.4) is 0 Å². The first-order chi connectivity index (χ1) is 11.6. The van der Waals surface area contributed by atoms with Crippen LogP contribution in [0.5, 0.6) is 0 Å². The number of fused-ring (bicyclic) bond motifs is 1. The second kappa shape index (κ2) is 7.59. The molecule has 0 amide bonds. The molecule has 1 aromatic rings. The Morgan fingerprint density at radius 3 is 2.71 bits per heavy atom. The maximum Gasteiger partial charge on any atom is 0.328 e. The van der Waals surface area contributed by atoms with E-state index in [-0.39, 0.29) is 34.3 Å². The van der Waals surface area contributed by atoms with Crippen molar-refractivity contribution in [3.8, 4) is 0 Å². The number of aromatic amines is 1. The summed E-state index contributed by atoms with van der Waals surface area (Å²) in [7, 11) is 0. The quantitative estimate of drug-likeness (QED) is 0.823. The zero-order chi connectivity index (χ0) is 17.1. The molecule has 0 saturated heterocycles. The number of carbonyl (C=O) groups is 1. The van der Waals surface area contributed by atoms with E-state index in [0.717, 1.165) is 37.7 Å². The van der Waals surface area contributed by atoms with E-state index in [1.807, 2.05) is 0 Å². The molecule has 6 nitrogen and oxygen atoms in total. The van der Waals surface area contributed by atoms with Crippen LogP contribution >= 0.6 is 11.8 Å². The monoisotopic (exact) mass is 352 g/mol. The molecule has 0 radical (unpaired) electrons. The van der Waals surface area contributed by atoms with Crippen molar-refractivity contribution in [2.24, 2.45) is 0 Å². The number of esters is 1. The zero-order valence-electron chi connectivity index (χ0n) is 14.0. The van der Waals surface area contributed by atoms with E-state index in [2.05, 4.69) is 4.98 Å². The maximum atomic E-state index is 12.8. The summed E-state index contributed by atoms with van der Waals surface area (Å²) in [6.45, 7) is 2.14. The van der Waals surface area contributed by atoms with Crippen molar-refractivity contribution in [2.45, 2.75) is 63.2 Å². The predicted molar refractivity (Wildman–Crippen MR) is 93.6 cm³/mol. The van der Waals surface area contributed by atoms with Crippen molar-refractivity contribution >= 4 is 17.7 Å². The molecule has 2 aliphatic rings. The molecule has 0 aliphatic heterocycles. The molecule has 7 heteroatoms. The van der Waals surface area contributed by atoms with E-state index in [1.54, 1.807) is 6.92 Å². The Bertz CT molecular complexity index is 718. The van der Waals surface area contributed by atoms with Crippen molar-refractivity contribution < 1.29 is 9.53 Å². The Morgan fingerprint density at radius 2 is 2.00 bits per heavy atom. The number of thioether (sulfide) groups is 1. The van der Waals surface area contributed by atoms with Crippen LogP contribution < -0.4 is 11.2 Å². The molecule has 132 valence electrons. The van der Waals surface area contributed by atoms with Gasteiger partial charge in [-0.25, -0.2) is 4.79 Å². The van der Waals surface area contributed by atoms with Gasteiger partial charge in [0.1, 0.15) is 0 Å². The molecule has 0 aromatic carbocycles. The van der Waals surface area contributed by atoms with Gasteiger partial charge in [0.25, 0.3) is 5.56 Å². The van der Waals surface area contributed by atoms with E-state index >= 15 is 0 Å². The summed E-state index contributed by atoms with van der Waals surface area (Å²) in [5.41, 5.74) is 1.02. The van der Waals surface area contributed by atoms with E-state index in [9.17, 15) is 14.4 Å². The Morgan fingerprint density at radius 1 is 1.25 bits per heavy atom. The molecule has 1 saturated carbocycles. The van der Waals surface area contributed by atoms with E-state index in [0.29, 0.717) is 18.7 Å². The van der Waals surface area contributed by atoms with Crippen LogP contribution in [0.4, 0.5) is 0 Å². The van der Waals surface area contributed by atoms with Crippen molar-refractivity contribution in [1.82, 2.24) is 9.55 Å². The van der Waals surface area contributed by atoms with Crippen molar-refractivity contribution in [3.63, 3.8) is 0 Å². The normalized spacial score (nSPS) is 20.8. The van der Waals surface area contributed by atoms with Gasteiger partial charge in [-0.15, -0.1) is 11.8 Å². The fraction of sp³-hybridized carbons (Fsp3) is 0.706. The molecule has 1 aromatic heterocycles. The van der Waals surface area contributed by atoms with Gasteiger partial charge in [0.15, 0.2) is 0 Å². The number of carbonyl (C=O) groups excluding carboxylic acids is 1. The highest BCUT2D eigenvalue weighted by Crippen LogP contribution is 2.38. The van der Waals surface area contributed by atoms with Gasteiger partial charge in [0, 0.05) is 22.5 Å². The highest BCUT2D eigenvalue weighted by Gasteiger charge is 2.30.